The molecule has 1 aromatic rings. The molecule has 0 radical (unpaired) electrons. The Morgan fingerprint density at radius 1 is 1.11 bits per heavy atom. The van der Waals surface area contributed by atoms with Crippen LogP contribution in [0.1, 0.15) is 44.9 Å². The zero-order valence-corrected chi connectivity index (χ0v) is 13.5. The minimum atomic E-state index is 0.192. The summed E-state index contributed by atoms with van der Waals surface area (Å²) in [7, 11) is 0. The van der Waals surface area contributed by atoms with Gasteiger partial charge in [-0.25, -0.2) is 0 Å². The second-order valence-electron chi connectivity index (χ2n) is 5.93. The third-order valence-electron chi connectivity index (χ3n) is 4.47. The van der Waals surface area contributed by atoms with Gasteiger partial charge in [-0.15, -0.1) is 0 Å². The minimum Gasteiger partial charge on any atom is -0.382 e. The molecule has 1 atom stereocenters. The van der Waals surface area contributed by atoms with Crippen LogP contribution in [0.4, 0.5) is 5.69 Å². The van der Waals surface area contributed by atoms with Crippen molar-refractivity contribution in [1.29, 1.82) is 0 Å². The molecule has 1 heterocycles. The number of nitrogens with one attached hydrogen (secondary N) is 1. The van der Waals surface area contributed by atoms with E-state index in [1.165, 1.54) is 47.8 Å². The number of ether oxygens (including phenoxy) is 1. The average molecular weight is 371 g/mol. The Morgan fingerprint density at radius 2 is 1.84 bits per heavy atom. The summed E-state index contributed by atoms with van der Waals surface area (Å²) < 4.78 is 7.44. The minimum absolute atomic E-state index is 0.192. The van der Waals surface area contributed by atoms with E-state index < -0.39 is 0 Å². The van der Waals surface area contributed by atoms with Crippen molar-refractivity contribution in [2.75, 3.05) is 11.9 Å². The molecular formula is C16H22INO. The molecule has 3 heteroatoms. The summed E-state index contributed by atoms with van der Waals surface area (Å²) in [4.78, 5) is 0. The number of anilines is 1. The molecule has 3 rings (SSSR count). The monoisotopic (exact) mass is 371 g/mol. The molecule has 1 N–H and O–H groups in total. The SMILES string of the molecule is Ic1ccc(NC2CCOC3(CCCCC3)C2)cc1. The van der Waals surface area contributed by atoms with Gasteiger partial charge in [-0.1, -0.05) is 19.3 Å². The van der Waals surface area contributed by atoms with Gasteiger partial charge in [-0.2, -0.15) is 0 Å². The summed E-state index contributed by atoms with van der Waals surface area (Å²) >= 11 is 2.35. The lowest BCUT2D eigenvalue weighted by Gasteiger charge is -2.44. The van der Waals surface area contributed by atoms with Crippen molar-refractivity contribution in [2.24, 2.45) is 0 Å². The van der Waals surface area contributed by atoms with Crippen LogP contribution in [-0.2, 0) is 4.74 Å². The van der Waals surface area contributed by atoms with Crippen LogP contribution in [0.5, 0.6) is 0 Å². The molecule has 0 amide bonds. The van der Waals surface area contributed by atoms with Crippen molar-refractivity contribution in [3.8, 4) is 0 Å². The molecule has 2 nitrogen and oxygen atoms in total. The molecule has 1 aliphatic heterocycles. The van der Waals surface area contributed by atoms with Crippen molar-refractivity contribution in [3.05, 3.63) is 27.8 Å². The molecule has 1 unspecified atom stereocenters. The highest BCUT2D eigenvalue weighted by atomic mass is 127. The second-order valence-corrected chi connectivity index (χ2v) is 7.18. The molecule has 2 aliphatic rings. The summed E-state index contributed by atoms with van der Waals surface area (Å²) in [6.07, 6.45) is 8.91. The number of hydrogen-bond donors (Lipinski definition) is 1. The van der Waals surface area contributed by atoms with Crippen LogP contribution < -0.4 is 5.32 Å². The lowest BCUT2D eigenvalue weighted by Crippen LogP contribution is -2.45. The van der Waals surface area contributed by atoms with Gasteiger partial charge in [0.25, 0.3) is 0 Å². The Bertz CT molecular complexity index is 406. The van der Waals surface area contributed by atoms with Gasteiger partial charge in [0.2, 0.25) is 0 Å². The van der Waals surface area contributed by atoms with Crippen LogP contribution in [0.25, 0.3) is 0 Å². The van der Waals surface area contributed by atoms with E-state index in [2.05, 4.69) is 52.2 Å². The lowest BCUT2D eigenvalue weighted by atomic mass is 9.78. The summed E-state index contributed by atoms with van der Waals surface area (Å²) in [5.74, 6) is 0. The first-order chi connectivity index (χ1) is 9.26. The summed E-state index contributed by atoms with van der Waals surface area (Å²) in [6, 6.07) is 9.28. The topological polar surface area (TPSA) is 21.3 Å². The van der Waals surface area contributed by atoms with Gasteiger partial charge in [-0.05, 0) is 72.5 Å². The first kappa shape index (κ1) is 13.7. The quantitative estimate of drug-likeness (QED) is 0.769. The molecule has 0 bridgehead atoms. The van der Waals surface area contributed by atoms with E-state index >= 15 is 0 Å². The van der Waals surface area contributed by atoms with Crippen molar-refractivity contribution in [1.82, 2.24) is 0 Å². The Morgan fingerprint density at radius 3 is 2.58 bits per heavy atom. The summed E-state index contributed by atoms with van der Waals surface area (Å²) in [5.41, 5.74) is 1.44. The zero-order chi connectivity index (χ0) is 13.1. The fourth-order valence-corrected chi connectivity index (χ4v) is 3.84. The number of benzene rings is 1. The normalized spacial score (nSPS) is 26.3. The smallest absolute Gasteiger partial charge is 0.0702 e. The van der Waals surface area contributed by atoms with Gasteiger partial charge in [0.15, 0.2) is 0 Å². The van der Waals surface area contributed by atoms with E-state index in [9.17, 15) is 0 Å². The molecule has 1 aromatic carbocycles. The van der Waals surface area contributed by atoms with Crippen LogP contribution >= 0.6 is 22.6 Å². The fraction of sp³-hybridized carbons (Fsp3) is 0.625. The maximum atomic E-state index is 6.15. The van der Waals surface area contributed by atoms with Crippen LogP contribution in [0, 0.1) is 3.57 Å². The van der Waals surface area contributed by atoms with Gasteiger partial charge < -0.3 is 10.1 Å². The van der Waals surface area contributed by atoms with Crippen molar-refractivity contribution in [3.63, 3.8) is 0 Å². The first-order valence-corrected chi connectivity index (χ1v) is 8.50. The summed E-state index contributed by atoms with van der Waals surface area (Å²) in [5, 5.41) is 3.70. The Hall–Kier alpha value is -0.290. The van der Waals surface area contributed by atoms with Crippen LogP contribution in [0.2, 0.25) is 0 Å². The molecule has 2 fully saturated rings. The summed E-state index contributed by atoms with van der Waals surface area (Å²) in [6.45, 7) is 0.919. The fourth-order valence-electron chi connectivity index (χ4n) is 3.48. The Balaban J connectivity index is 1.63. The molecule has 1 saturated heterocycles. The standard InChI is InChI=1S/C16H22INO/c17-13-4-6-14(7-5-13)18-15-8-11-19-16(12-15)9-2-1-3-10-16/h4-7,15,18H,1-3,8-12H2. The lowest BCUT2D eigenvalue weighted by molar-refractivity contribution is -0.103. The van der Waals surface area contributed by atoms with E-state index in [1.54, 1.807) is 0 Å². The van der Waals surface area contributed by atoms with Crippen molar-refractivity contribution >= 4 is 28.3 Å². The van der Waals surface area contributed by atoms with Gasteiger partial charge in [0, 0.05) is 21.9 Å². The highest BCUT2D eigenvalue weighted by Gasteiger charge is 2.38. The van der Waals surface area contributed by atoms with Crippen molar-refractivity contribution < 1.29 is 4.74 Å². The van der Waals surface area contributed by atoms with E-state index in [0.717, 1.165) is 13.0 Å². The molecule has 0 aromatic heterocycles. The highest BCUT2D eigenvalue weighted by molar-refractivity contribution is 14.1. The first-order valence-electron chi connectivity index (χ1n) is 7.42. The third-order valence-corrected chi connectivity index (χ3v) is 5.19. The molecule has 1 spiro atoms. The predicted molar refractivity (Wildman–Crippen MR) is 87.6 cm³/mol. The highest BCUT2D eigenvalue weighted by Crippen LogP contribution is 2.39. The molecule has 104 valence electrons. The largest absolute Gasteiger partial charge is 0.382 e. The Kier molecular flexibility index (Phi) is 4.32. The van der Waals surface area contributed by atoms with Gasteiger partial charge in [0.1, 0.15) is 0 Å². The molecule has 1 aliphatic carbocycles. The van der Waals surface area contributed by atoms with Crippen molar-refractivity contribution in [2.45, 2.75) is 56.6 Å². The van der Waals surface area contributed by atoms with Gasteiger partial charge in [0.05, 0.1) is 5.60 Å². The predicted octanol–water partition coefficient (Wildman–Crippen LogP) is 4.59. The van der Waals surface area contributed by atoms with Gasteiger partial charge >= 0.3 is 0 Å². The van der Waals surface area contributed by atoms with E-state index in [4.69, 9.17) is 4.74 Å². The van der Waals surface area contributed by atoms with Crippen LogP contribution in [-0.4, -0.2) is 18.2 Å². The molecular weight excluding hydrogens is 349 g/mol. The number of rotatable bonds is 2. The Labute approximate surface area is 129 Å². The number of hydrogen-bond acceptors (Lipinski definition) is 2. The number of halogens is 1. The van der Waals surface area contributed by atoms with E-state index in [-0.39, 0.29) is 5.60 Å². The maximum Gasteiger partial charge on any atom is 0.0702 e. The second kappa shape index (κ2) is 6.00. The third kappa shape index (κ3) is 3.43. The van der Waals surface area contributed by atoms with Crippen LogP contribution in [0.15, 0.2) is 24.3 Å². The van der Waals surface area contributed by atoms with E-state index in [1.807, 2.05) is 0 Å². The van der Waals surface area contributed by atoms with Crippen LogP contribution in [0.3, 0.4) is 0 Å². The maximum absolute atomic E-state index is 6.15. The molecule has 1 saturated carbocycles. The average Bonchev–Trinajstić information content (AvgIpc) is 2.42. The van der Waals surface area contributed by atoms with Gasteiger partial charge in [-0.3, -0.25) is 0 Å². The zero-order valence-electron chi connectivity index (χ0n) is 11.3. The van der Waals surface area contributed by atoms with E-state index in [0.29, 0.717) is 6.04 Å². The molecule has 19 heavy (non-hydrogen) atoms.